The number of nitrogens with zero attached hydrogens (tertiary/aromatic N) is 4. The van der Waals surface area contributed by atoms with Crippen LogP contribution in [0.1, 0.15) is 36.3 Å². The van der Waals surface area contributed by atoms with Crippen molar-refractivity contribution >= 4 is 62.3 Å². The van der Waals surface area contributed by atoms with Crippen LogP contribution in [0.25, 0.3) is 15.9 Å². The molecule has 0 fully saturated rings. The SMILES string of the molecule is CC[C@@]1(C)Cc2c(sc3nc(SC)n4c(SCc5ccccc5Cl)nnc4c23)CO1. The highest BCUT2D eigenvalue weighted by Crippen LogP contribution is 2.42. The van der Waals surface area contributed by atoms with E-state index in [9.17, 15) is 0 Å². The van der Waals surface area contributed by atoms with Crippen molar-refractivity contribution in [3.05, 3.63) is 45.3 Å². The lowest BCUT2D eigenvalue weighted by Gasteiger charge is -2.32. The minimum atomic E-state index is -0.141. The molecule has 0 saturated carbocycles. The minimum Gasteiger partial charge on any atom is -0.369 e. The van der Waals surface area contributed by atoms with Gasteiger partial charge < -0.3 is 4.74 Å². The Morgan fingerprint density at radius 1 is 1.27 bits per heavy atom. The molecule has 1 aliphatic heterocycles. The first-order valence-corrected chi connectivity index (χ1v) is 13.2. The average Bonchev–Trinajstić information content (AvgIpc) is 3.33. The lowest BCUT2D eigenvalue weighted by atomic mass is 9.90. The summed E-state index contributed by atoms with van der Waals surface area (Å²) in [4.78, 5) is 7.26. The third kappa shape index (κ3) is 3.42. The fourth-order valence-electron chi connectivity index (χ4n) is 3.73. The molecule has 0 N–H and O–H groups in total. The number of benzene rings is 1. The summed E-state index contributed by atoms with van der Waals surface area (Å²) in [6, 6.07) is 7.92. The second-order valence-electron chi connectivity index (χ2n) is 7.57. The zero-order valence-corrected chi connectivity index (χ0v) is 20.1. The number of rotatable bonds is 5. The Morgan fingerprint density at radius 2 is 2.10 bits per heavy atom. The molecule has 5 rings (SSSR count). The Bertz CT molecular complexity index is 1250. The van der Waals surface area contributed by atoms with Crippen LogP contribution in [0.15, 0.2) is 34.6 Å². The molecule has 0 radical (unpaired) electrons. The van der Waals surface area contributed by atoms with E-state index < -0.39 is 0 Å². The van der Waals surface area contributed by atoms with Gasteiger partial charge in [-0.05, 0) is 36.8 Å². The zero-order chi connectivity index (χ0) is 20.9. The number of thioether (sulfide) groups is 2. The minimum absolute atomic E-state index is 0.141. The van der Waals surface area contributed by atoms with Crippen LogP contribution in [-0.2, 0) is 23.5 Å². The first kappa shape index (κ1) is 20.6. The Kier molecular flexibility index (Phi) is 5.48. The Balaban J connectivity index is 1.62. The average molecular weight is 477 g/mol. The van der Waals surface area contributed by atoms with Crippen molar-refractivity contribution in [2.24, 2.45) is 0 Å². The normalized spacial score (nSPS) is 18.9. The van der Waals surface area contributed by atoms with Crippen LogP contribution in [0.3, 0.4) is 0 Å². The molecule has 1 aromatic carbocycles. The van der Waals surface area contributed by atoms with Gasteiger partial charge in [0.2, 0.25) is 0 Å². The first-order valence-electron chi connectivity index (χ1n) is 9.76. The molecule has 30 heavy (non-hydrogen) atoms. The molecule has 1 atom stereocenters. The van der Waals surface area contributed by atoms with E-state index in [0.717, 1.165) is 55.4 Å². The van der Waals surface area contributed by atoms with Crippen LogP contribution in [0.5, 0.6) is 0 Å². The van der Waals surface area contributed by atoms with Crippen molar-refractivity contribution < 1.29 is 4.74 Å². The maximum atomic E-state index is 6.34. The quantitative estimate of drug-likeness (QED) is 0.250. The summed E-state index contributed by atoms with van der Waals surface area (Å²) in [6.45, 7) is 5.01. The van der Waals surface area contributed by atoms with E-state index in [0.29, 0.717) is 6.61 Å². The van der Waals surface area contributed by atoms with E-state index in [1.54, 1.807) is 34.9 Å². The summed E-state index contributed by atoms with van der Waals surface area (Å²) >= 11 is 11.3. The zero-order valence-electron chi connectivity index (χ0n) is 16.9. The van der Waals surface area contributed by atoms with Crippen molar-refractivity contribution in [3.8, 4) is 0 Å². The lowest BCUT2D eigenvalue weighted by Crippen LogP contribution is -2.33. The Morgan fingerprint density at radius 3 is 2.87 bits per heavy atom. The highest BCUT2D eigenvalue weighted by atomic mass is 35.5. The molecule has 0 aliphatic carbocycles. The summed E-state index contributed by atoms with van der Waals surface area (Å²) in [5.74, 6) is 0.732. The van der Waals surface area contributed by atoms with Crippen molar-refractivity contribution in [1.29, 1.82) is 0 Å². The fraction of sp³-hybridized carbons (Fsp3) is 0.381. The van der Waals surface area contributed by atoms with Crippen LogP contribution >= 0.6 is 46.5 Å². The third-order valence-corrected chi connectivity index (χ3v) is 8.75. The number of aromatic nitrogens is 4. The molecular weight excluding hydrogens is 456 g/mol. The van der Waals surface area contributed by atoms with E-state index in [1.165, 1.54) is 10.4 Å². The number of hydrogen-bond acceptors (Lipinski definition) is 7. The summed E-state index contributed by atoms with van der Waals surface area (Å²) < 4.78 is 8.26. The summed E-state index contributed by atoms with van der Waals surface area (Å²) in [5, 5.41) is 12.8. The highest BCUT2D eigenvalue weighted by Gasteiger charge is 2.33. The van der Waals surface area contributed by atoms with E-state index in [1.807, 2.05) is 30.5 Å². The molecule has 0 spiro atoms. The topological polar surface area (TPSA) is 52.3 Å². The number of ether oxygens (including phenoxy) is 1. The molecule has 3 aromatic heterocycles. The molecule has 5 nitrogen and oxygen atoms in total. The predicted octanol–water partition coefficient (Wildman–Crippen LogP) is 6.25. The molecule has 0 bridgehead atoms. The molecule has 156 valence electrons. The van der Waals surface area contributed by atoms with Gasteiger partial charge in [-0.25, -0.2) is 9.38 Å². The van der Waals surface area contributed by atoms with Gasteiger partial charge in [-0.1, -0.05) is 60.2 Å². The second kappa shape index (κ2) is 7.98. The molecule has 4 heterocycles. The first-order chi connectivity index (χ1) is 14.5. The largest absolute Gasteiger partial charge is 0.369 e. The second-order valence-corrected chi connectivity index (χ2v) is 10.8. The maximum absolute atomic E-state index is 6.34. The van der Waals surface area contributed by atoms with E-state index in [-0.39, 0.29) is 5.60 Å². The number of halogens is 1. The number of thiophene rings is 1. The summed E-state index contributed by atoms with van der Waals surface area (Å²) in [6.07, 6.45) is 3.90. The van der Waals surface area contributed by atoms with E-state index >= 15 is 0 Å². The van der Waals surface area contributed by atoms with E-state index in [2.05, 4.69) is 28.4 Å². The predicted molar refractivity (Wildman–Crippen MR) is 126 cm³/mol. The van der Waals surface area contributed by atoms with Gasteiger partial charge in [0, 0.05) is 22.1 Å². The van der Waals surface area contributed by atoms with Crippen LogP contribution in [-0.4, -0.2) is 31.4 Å². The van der Waals surface area contributed by atoms with Gasteiger partial charge in [0.15, 0.2) is 16.0 Å². The fourth-order valence-corrected chi connectivity index (χ4v) is 6.70. The molecule has 0 amide bonds. The molecule has 0 unspecified atom stereocenters. The van der Waals surface area contributed by atoms with Gasteiger partial charge in [0.25, 0.3) is 0 Å². The van der Waals surface area contributed by atoms with Crippen molar-refractivity contribution in [1.82, 2.24) is 19.6 Å². The smallest absolute Gasteiger partial charge is 0.198 e. The molecule has 4 aromatic rings. The standard InChI is InChI=1S/C21H21ClN4OS3/c1-4-21(2)9-13-15(10-27-21)30-18-16(13)17-24-25-20(26(17)19(23-18)28-3)29-11-12-7-5-6-8-14(12)22/h5-8H,4,9-11H2,1-3H3/t21-/m0/s1. The van der Waals surface area contributed by atoms with Crippen LogP contribution in [0.4, 0.5) is 0 Å². The number of hydrogen-bond donors (Lipinski definition) is 0. The molecular formula is C21H21ClN4OS3. The van der Waals surface area contributed by atoms with Gasteiger partial charge in [0.1, 0.15) is 4.83 Å². The van der Waals surface area contributed by atoms with Crippen LogP contribution < -0.4 is 0 Å². The van der Waals surface area contributed by atoms with Crippen LogP contribution in [0, 0.1) is 0 Å². The highest BCUT2D eigenvalue weighted by molar-refractivity contribution is 7.99. The maximum Gasteiger partial charge on any atom is 0.198 e. The lowest BCUT2D eigenvalue weighted by molar-refractivity contribution is -0.0542. The molecule has 1 aliphatic rings. The summed E-state index contributed by atoms with van der Waals surface area (Å²) in [5.41, 5.74) is 3.16. The Labute approximate surface area is 192 Å². The van der Waals surface area contributed by atoms with Gasteiger partial charge in [0.05, 0.1) is 17.6 Å². The van der Waals surface area contributed by atoms with E-state index in [4.69, 9.17) is 21.3 Å². The Hall–Kier alpha value is -1.32. The van der Waals surface area contributed by atoms with Crippen molar-refractivity contribution in [3.63, 3.8) is 0 Å². The number of fused-ring (bicyclic) bond motifs is 5. The molecule has 0 saturated heterocycles. The summed E-state index contributed by atoms with van der Waals surface area (Å²) in [7, 11) is 0. The molecule has 9 heteroatoms. The van der Waals surface area contributed by atoms with Gasteiger partial charge >= 0.3 is 0 Å². The third-order valence-electron chi connectivity index (χ3n) is 5.67. The van der Waals surface area contributed by atoms with Gasteiger partial charge in [-0.3, -0.25) is 0 Å². The van der Waals surface area contributed by atoms with Gasteiger partial charge in [-0.2, -0.15) is 0 Å². The van der Waals surface area contributed by atoms with Crippen molar-refractivity contribution in [2.75, 3.05) is 6.26 Å². The van der Waals surface area contributed by atoms with Crippen LogP contribution in [0.2, 0.25) is 5.02 Å². The monoisotopic (exact) mass is 476 g/mol. The van der Waals surface area contributed by atoms with Crippen molar-refractivity contribution in [2.45, 2.75) is 55.0 Å². The van der Waals surface area contributed by atoms with Gasteiger partial charge in [-0.15, -0.1) is 21.5 Å².